The molecule has 2 aromatic carbocycles. The fraction of sp³-hybridized carbons (Fsp3) is 0.381. The Labute approximate surface area is 177 Å². The molecular weight excluding hydrogens is 410 g/mol. The number of carbonyl (C=O) groups is 1. The van der Waals surface area contributed by atoms with E-state index in [0.29, 0.717) is 22.8 Å². The zero-order valence-corrected chi connectivity index (χ0v) is 18.2. The lowest BCUT2D eigenvalue weighted by atomic mass is 10.1. The van der Waals surface area contributed by atoms with Crippen LogP contribution in [0.25, 0.3) is 0 Å². The fourth-order valence-corrected chi connectivity index (χ4v) is 5.02. The first kappa shape index (κ1) is 21.5. The molecular formula is C21H26ClN3O3S. The van der Waals surface area contributed by atoms with Gasteiger partial charge < -0.3 is 10.2 Å². The molecule has 8 heteroatoms. The number of halogens is 1. The molecule has 0 aromatic heterocycles. The minimum atomic E-state index is -3.69. The van der Waals surface area contributed by atoms with E-state index in [9.17, 15) is 13.2 Å². The molecule has 0 radical (unpaired) electrons. The van der Waals surface area contributed by atoms with Crippen LogP contribution in [0.15, 0.2) is 48.5 Å². The van der Waals surface area contributed by atoms with E-state index in [1.807, 2.05) is 24.3 Å². The molecule has 1 aliphatic heterocycles. The zero-order chi connectivity index (χ0) is 21.0. The molecule has 1 unspecified atom stereocenters. The third-order valence-corrected chi connectivity index (χ3v) is 6.41. The summed E-state index contributed by atoms with van der Waals surface area (Å²) in [4.78, 5) is 15.3. The second-order valence-corrected chi connectivity index (χ2v) is 9.49. The third-order valence-electron chi connectivity index (χ3n) is 5.00. The number of amides is 1. The summed E-state index contributed by atoms with van der Waals surface area (Å²) in [6.45, 7) is 3.88. The van der Waals surface area contributed by atoms with Crippen molar-refractivity contribution in [2.45, 2.75) is 32.2 Å². The van der Waals surface area contributed by atoms with Crippen LogP contribution >= 0.6 is 11.6 Å². The lowest BCUT2D eigenvalue weighted by Gasteiger charge is -2.30. The third kappa shape index (κ3) is 5.22. The molecule has 6 nitrogen and oxygen atoms in total. The standard InChI is InChI=1S/C21H26ClN3O3S/c1-3-20(25(29(2,27)28)19-8-6-7-16(22)15-19)21(26)23-17-9-11-18(12-10-17)24-13-4-5-14-24/h6-12,15,20H,3-5,13-14H2,1-2H3,(H,23,26). The molecule has 1 fully saturated rings. The van der Waals surface area contributed by atoms with Gasteiger partial charge in [0.25, 0.3) is 0 Å². The van der Waals surface area contributed by atoms with Gasteiger partial charge in [-0.2, -0.15) is 0 Å². The van der Waals surface area contributed by atoms with E-state index in [-0.39, 0.29) is 5.91 Å². The number of hydrogen-bond acceptors (Lipinski definition) is 4. The Bertz CT molecular complexity index is 957. The van der Waals surface area contributed by atoms with E-state index in [1.165, 1.54) is 12.8 Å². The summed E-state index contributed by atoms with van der Waals surface area (Å²) in [5.41, 5.74) is 2.13. The summed E-state index contributed by atoms with van der Waals surface area (Å²) >= 11 is 6.04. The Morgan fingerprint density at radius 1 is 1.17 bits per heavy atom. The zero-order valence-electron chi connectivity index (χ0n) is 16.6. The second kappa shape index (κ2) is 9.05. The molecule has 0 spiro atoms. The molecule has 1 amide bonds. The van der Waals surface area contributed by atoms with Crippen molar-refractivity contribution in [1.82, 2.24) is 0 Å². The van der Waals surface area contributed by atoms with Crippen LogP contribution in [0.4, 0.5) is 17.1 Å². The smallest absolute Gasteiger partial charge is 0.248 e. The topological polar surface area (TPSA) is 69.7 Å². The number of nitrogens with zero attached hydrogens (tertiary/aromatic N) is 2. The summed E-state index contributed by atoms with van der Waals surface area (Å²) in [6, 6.07) is 13.3. The second-order valence-electron chi connectivity index (χ2n) is 7.19. The first-order chi connectivity index (χ1) is 13.8. The highest BCUT2D eigenvalue weighted by molar-refractivity contribution is 7.92. The number of carbonyl (C=O) groups excluding carboxylic acids is 1. The SMILES string of the molecule is CCC(C(=O)Nc1ccc(N2CCCC2)cc1)N(c1cccc(Cl)c1)S(C)(=O)=O. The summed E-state index contributed by atoms with van der Waals surface area (Å²) in [5, 5.41) is 3.26. The van der Waals surface area contributed by atoms with Crippen LogP contribution in [0.2, 0.25) is 5.02 Å². The van der Waals surface area contributed by atoms with E-state index >= 15 is 0 Å². The highest BCUT2D eigenvalue weighted by Crippen LogP contribution is 2.27. The molecule has 156 valence electrons. The lowest BCUT2D eigenvalue weighted by molar-refractivity contribution is -0.117. The lowest BCUT2D eigenvalue weighted by Crippen LogP contribution is -2.47. The highest BCUT2D eigenvalue weighted by atomic mass is 35.5. The molecule has 1 saturated heterocycles. The minimum absolute atomic E-state index is 0.317. The quantitative estimate of drug-likeness (QED) is 0.710. The van der Waals surface area contributed by atoms with E-state index in [0.717, 1.165) is 29.3 Å². The fourth-order valence-electron chi connectivity index (χ4n) is 3.63. The van der Waals surface area contributed by atoms with Crippen molar-refractivity contribution in [3.8, 4) is 0 Å². The van der Waals surface area contributed by atoms with Gasteiger partial charge in [0.2, 0.25) is 15.9 Å². The van der Waals surface area contributed by atoms with E-state index in [2.05, 4.69) is 10.2 Å². The Morgan fingerprint density at radius 2 is 1.83 bits per heavy atom. The molecule has 1 N–H and O–H groups in total. The largest absolute Gasteiger partial charge is 0.372 e. The van der Waals surface area contributed by atoms with Crippen LogP contribution < -0.4 is 14.5 Å². The van der Waals surface area contributed by atoms with E-state index in [1.54, 1.807) is 31.2 Å². The predicted octanol–water partition coefficient (Wildman–Crippen LogP) is 4.12. The average molecular weight is 436 g/mol. The molecule has 0 bridgehead atoms. The average Bonchev–Trinajstić information content (AvgIpc) is 3.20. The summed E-state index contributed by atoms with van der Waals surface area (Å²) < 4.78 is 26.1. The number of nitrogens with one attached hydrogen (secondary N) is 1. The van der Waals surface area contributed by atoms with Gasteiger partial charge in [0.1, 0.15) is 6.04 Å². The van der Waals surface area contributed by atoms with Gasteiger partial charge in [0.15, 0.2) is 0 Å². The van der Waals surface area contributed by atoms with Crippen LogP contribution in [0, 0.1) is 0 Å². The van der Waals surface area contributed by atoms with Gasteiger partial charge in [-0.3, -0.25) is 9.10 Å². The van der Waals surface area contributed by atoms with Crippen molar-refractivity contribution in [2.24, 2.45) is 0 Å². The van der Waals surface area contributed by atoms with Gasteiger partial charge in [0.05, 0.1) is 11.9 Å². The number of anilines is 3. The van der Waals surface area contributed by atoms with Crippen molar-refractivity contribution in [3.63, 3.8) is 0 Å². The maximum atomic E-state index is 13.0. The van der Waals surface area contributed by atoms with Gasteiger partial charge in [0, 0.05) is 29.5 Å². The number of benzene rings is 2. The van der Waals surface area contributed by atoms with Crippen molar-refractivity contribution in [3.05, 3.63) is 53.6 Å². The summed E-state index contributed by atoms with van der Waals surface area (Å²) in [7, 11) is -3.69. The number of hydrogen-bond donors (Lipinski definition) is 1. The van der Waals surface area contributed by atoms with E-state index < -0.39 is 16.1 Å². The van der Waals surface area contributed by atoms with Gasteiger partial charge in [-0.1, -0.05) is 24.6 Å². The maximum Gasteiger partial charge on any atom is 0.248 e. The number of sulfonamides is 1. The van der Waals surface area contributed by atoms with Gasteiger partial charge in [-0.25, -0.2) is 8.42 Å². The Hall–Kier alpha value is -2.25. The van der Waals surface area contributed by atoms with Crippen LogP contribution in [-0.2, 0) is 14.8 Å². The Kier molecular flexibility index (Phi) is 6.70. The molecule has 29 heavy (non-hydrogen) atoms. The van der Waals surface area contributed by atoms with Crippen molar-refractivity contribution in [2.75, 3.05) is 33.9 Å². The van der Waals surface area contributed by atoms with Crippen LogP contribution in [0.1, 0.15) is 26.2 Å². The Morgan fingerprint density at radius 3 is 2.38 bits per heavy atom. The van der Waals surface area contributed by atoms with Crippen molar-refractivity contribution >= 4 is 44.6 Å². The normalized spacial score (nSPS) is 15.2. The molecule has 1 heterocycles. The monoisotopic (exact) mass is 435 g/mol. The van der Waals surface area contributed by atoms with Crippen LogP contribution in [0.3, 0.4) is 0 Å². The minimum Gasteiger partial charge on any atom is -0.372 e. The predicted molar refractivity (Wildman–Crippen MR) is 119 cm³/mol. The molecule has 1 atom stereocenters. The molecule has 0 aliphatic carbocycles. The van der Waals surface area contributed by atoms with Crippen LogP contribution in [0.5, 0.6) is 0 Å². The highest BCUT2D eigenvalue weighted by Gasteiger charge is 2.31. The van der Waals surface area contributed by atoms with Gasteiger partial charge in [-0.05, 0) is 61.7 Å². The first-order valence-electron chi connectivity index (χ1n) is 9.70. The van der Waals surface area contributed by atoms with Gasteiger partial charge in [-0.15, -0.1) is 0 Å². The van der Waals surface area contributed by atoms with Gasteiger partial charge >= 0.3 is 0 Å². The molecule has 2 aromatic rings. The summed E-state index contributed by atoms with van der Waals surface area (Å²) in [5.74, 6) is -0.383. The number of rotatable bonds is 7. The molecule has 0 saturated carbocycles. The first-order valence-corrected chi connectivity index (χ1v) is 11.9. The van der Waals surface area contributed by atoms with Crippen LogP contribution in [-0.4, -0.2) is 39.7 Å². The maximum absolute atomic E-state index is 13.0. The molecule has 3 rings (SSSR count). The molecule has 1 aliphatic rings. The van der Waals surface area contributed by atoms with E-state index in [4.69, 9.17) is 11.6 Å². The Balaban J connectivity index is 1.80. The summed E-state index contributed by atoms with van der Waals surface area (Å²) in [6.07, 6.45) is 3.80. The van der Waals surface area contributed by atoms with Crippen molar-refractivity contribution < 1.29 is 13.2 Å². The van der Waals surface area contributed by atoms with Crippen molar-refractivity contribution in [1.29, 1.82) is 0 Å².